The van der Waals surface area contributed by atoms with Crippen LogP contribution >= 0.6 is 11.6 Å². The van der Waals surface area contributed by atoms with Gasteiger partial charge in [0.05, 0.1) is 11.8 Å². The summed E-state index contributed by atoms with van der Waals surface area (Å²) in [5, 5.41) is 9.70. The topological polar surface area (TPSA) is 49.2 Å². The number of hydrogen-bond acceptors (Lipinski definition) is 4. The fourth-order valence-corrected chi connectivity index (χ4v) is 2.67. The third-order valence-corrected chi connectivity index (χ3v) is 3.82. The van der Waals surface area contributed by atoms with Crippen molar-refractivity contribution in [3.63, 3.8) is 0 Å². The number of halogens is 2. The summed E-state index contributed by atoms with van der Waals surface area (Å²) in [7, 11) is 0. The second kappa shape index (κ2) is 5.95. The van der Waals surface area contributed by atoms with Crippen LogP contribution in [0.4, 0.5) is 10.1 Å². The van der Waals surface area contributed by atoms with Gasteiger partial charge in [0.15, 0.2) is 0 Å². The van der Waals surface area contributed by atoms with E-state index in [0.29, 0.717) is 37.2 Å². The summed E-state index contributed by atoms with van der Waals surface area (Å²) in [4.78, 5) is 10.0. The van der Waals surface area contributed by atoms with E-state index in [2.05, 4.69) is 14.9 Å². The highest BCUT2D eigenvalue weighted by atomic mass is 35.5. The molecule has 0 unspecified atom stereocenters. The zero-order valence-electron chi connectivity index (χ0n) is 11.3. The fourth-order valence-electron chi connectivity index (χ4n) is 2.52. The number of aliphatic hydroxyl groups is 1. The number of nitrogens with zero attached hydrogens (tertiary/aromatic N) is 3. The van der Waals surface area contributed by atoms with Crippen molar-refractivity contribution in [1.29, 1.82) is 0 Å². The molecule has 0 aliphatic carbocycles. The molecule has 110 valence electrons. The van der Waals surface area contributed by atoms with Crippen molar-refractivity contribution in [1.82, 2.24) is 9.97 Å². The first-order valence-corrected chi connectivity index (χ1v) is 7.22. The summed E-state index contributed by atoms with van der Waals surface area (Å²) in [6.45, 7) is 1.43. The third kappa shape index (κ3) is 3.31. The maximum absolute atomic E-state index is 13.9. The standard InChI is InChI=1S/C15H15ClFN3O/c16-15-18-4-1-14(19-15)10-7-11(17)9-12(8-10)20-5-2-13(21)3-6-20/h1,4,7-9,13,21H,2-3,5-6H2. The highest BCUT2D eigenvalue weighted by Gasteiger charge is 2.18. The second-order valence-electron chi connectivity index (χ2n) is 5.13. The van der Waals surface area contributed by atoms with Gasteiger partial charge < -0.3 is 10.0 Å². The highest BCUT2D eigenvalue weighted by molar-refractivity contribution is 6.28. The lowest BCUT2D eigenvalue weighted by Gasteiger charge is -2.31. The summed E-state index contributed by atoms with van der Waals surface area (Å²) in [6.07, 6.45) is 2.69. The van der Waals surface area contributed by atoms with E-state index in [9.17, 15) is 9.50 Å². The molecule has 0 bridgehead atoms. The van der Waals surface area contributed by atoms with Crippen LogP contribution in [0.3, 0.4) is 0 Å². The average Bonchev–Trinajstić information content (AvgIpc) is 2.47. The van der Waals surface area contributed by atoms with Crippen molar-refractivity contribution in [3.05, 3.63) is 41.6 Å². The number of aliphatic hydroxyl groups excluding tert-OH is 1. The van der Waals surface area contributed by atoms with Gasteiger partial charge >= 0.3 is 0 Å². The third-order valence-electron chi connectivity index (χ3n) is 3.63. The Bertz CT molecular complexity index is 645. The zero-order valence-corrected chi connectivity index (χ0v) is 12.1. The van der Waals surface area contributed by atoms with Crippen LogP contribution in [0.15, 0.2) is 30.5 Å². The number of hydrogen-bond donors (Lipinski definition) is 1. The summed E-state index contributed by atoms with van der Waals surface area (Å²) in [5.74, 6) is -0.316. The van der Waals surface area contributed by atoms with Crippen LogP contribution < -0.4 is 4.90 Å². The van der Waals surface area contributed by atoms with Gasteiger partial charge in [-0.25, -0.2) is 14.4 Å². The average molecular weight is 308 g/mol. The normalized spacial score (nSPS) is 16.2. The van der Waals surface area contributed by atoms with Gasteiger partial charge in [-0.1, -0.05) is 0 Å². The summed E-state index contributed by atoms with van der Waals surface area (Å²) in [6, 6.07) is 6.52. The van der Waals surface area contributed by atoms with E-state index in [-0.39, 0.29) is 17.2 Å². The molecule has 1 aromatic carbocycles. The molecule has 2 aromatic rings. The lowest BCUT2D eigenvalue weighted by Crippen LogP contribution is -2.35. The Morgan fingerprint density at radius 3 is 2.71 bits per heavy atom. The van der Waals surface area contributed by atoms with Crippen molar-refractivity contribution in [2.75, 3.05) is 18.0 Å². The van der Waals surface area contributed by atoms with Crippen molar-refractivity contribution < 1.29 is 9.50 Å². The maximum Gasteiger partial charge on any atom is 0.222 e. The SMILES string of the molecule is OC1CCN(c2cc(F)cc(-c3ccnc(Cl)n3)c2)CC1. The van der Waals surface area contributed by atoms with Gasteiger partial charge in [0, 0.05) is 30.5 Å². The van der Waals surface area contributed by atoms with E-state index < -0.39 is 0 Å². The Kier molecular flexibility index (Phi) is 4.03. The molecule has 0 amide bonds. The van der Waals surface area contributed by atoms with Gasteiger partial charge in [0.25, 0.3) is 0 Å². The van der Waals surface area contributed by atoms with Gasteiger partial charge in [-0.15, -0.1) is 0 Å². The van der Waals surface area contributed by atoms with Crippen LogP contribution in [0.2, 0.25) is 5.28 Å². The fraction of sp³-hybridized carbons (Fsp3) is 0.333. The molecule has 4 nitrogen and oxygen atoms in total. The number of anilines is 1. The number of rotatable bonds is 2. The molecule has 0 atom stereocenters. The molecule has 1 aromatic heterocycles. The number of piperidine rings is 1. The first-order valence-electron chi connectivity index (χ1n) is 6.84. The van der Waals surface area contributed by atoms with Gasteiger partial charge in [-0.05, 0) is 48.7 Å². The molecule has 1 saturated heterocycles. The minimum absolute atomic E-state index is 0.138. The molecule has 1 aliphatic heterocycles. The number of benzene rings is 1. The van der Waals surface area contributed by atoms with Crippen molar-refractivity contribution in [2.24, 2.45) is 0 Å². The monoisotopic (exact) mass is 307 g/mol. The Hall–Kier alpha value is -1.72. The minimum atomic E-state index is -0.316. The first-order chi connectivity index (χ1) is 10.1. The van der Waals surface area contributed by atoms with Crippen LogP contribution in [0, 0.1) is 5.82 Å². The first kappa shape index (κ1) is 14.2. The molecule has 2 heterocycles. The highest BCUT2D eigenvalue weighted by Crippen LogP contribution is 2.27. The Morgan fingerprint density at radius 2 is 2.00 bits per heavy atom. The molecule has 0 saturated carbocycles. The molecule has 1 N–H and O–H groups in total. The molecular formula is C15H15ClFN3O. The smallest absolute Gasteiger partial charge is 0.222 e. The minimum Gasteiger partial charge on any atom is -0.393 e. The maximum atomic E-state index is 13.9. The Labute approximate surface area is 127 Å². The molecule has 21 heavy (non-hydrogen) atoms. The van der Waals surface area contributed by atoms with Crippen LogP contribution in [-0.4, -0.2) is 34.3 Å². The summed E-state index contributed by atoms with van der Waals surface area (Å²) < 4.78 is 13.9. The van der Waals surface area contributed by atoms with Crippen molar-refractivity contribution in [2.45, 2.75) is 18.9 Å². The van der Waals surface area contributed by atoms with Crippen molar-refractivity contribution in [3.8, 4) is 11.3 Å². The van der Waals surface area contributed by atoms with E-state index in [1.807, 2.05) is 6.07 Å². The van der Waals surface area contributed by atoms with Gasteiger partial charge in [-0.3, -0.25) is 0 Å². The van der Waals surface area contributed by atoms with E-state index in [1.165, 1.54) is 12.1 Å². The predicted molar refractivity (Wildman–Crippen MR) is 79.9 cm³/mol. The van der Waals surface area contributed by atoms with Gasteiger partial charge in [0.2, 0.25) is 5.28 Å². The van der Waals surface area contributed by atoms with E-state index in [1.54, 1.807) is 12.3 Å². The van der Waals surface area contributed by atoms with Crippen molar-refractivity contribution >= 4 is 17.3 Å². The quantitative estimate of drug-likeness (QED) is 0.867. The Morgan fingerprint density at radius 1 is 1.24 bits per heavy atom. The van der Waals surface area contributed by atoms with Crippen LogP contribution in [-0.2, 0) is 0 Å². The number of aromatic nitrogens is 2. The summed E-state index contributed by atoms with van der Waals surface area (Å²) in [5.41, 5.74) is 2.06. The summed E-state index contributed by atoms with van der Waals surface area (Å²) >= 11 is 5.78. The lowest BCUT2D eigenvalue weighted by molar-refractivity contribution is 0.145. The zero-order chi connectivity index (χ0) is 14.8. The molecule has 3 rings (SSSR count). The van der Waals surface area contributed by atoms with Crippen LogP contribution in [0.1, 0.15) is 12.8 Å². The molecule has 0 radical (unpaired) electrons. The van der Waals surface area contributed by atoms with E-state index in [4.69, 9.17) is 11.6 Å². The molecule has 1 fully saturated rings. The Balaban J connectivity index is 1.93. The van der Waals surface area contributed by atoms with Crippen LogP contribution in [0.25, 0.3) is 11.3 Å². The van der Waals surface area contributed by atoms with Gasteiger partial charge in [-0.2, -0.15) is 0 Å². The molecule has 0 spiro atoms. The molecule has 6 heteroatoms. The molecular weight excluding hydrogens is 293 g/mol. The lowest BCUT2D eigenvalue weighted by atomic mass is 10.1. The van der Waals surface area contributed by atoms with Crippen LogP contribution in [0.5, 0.6) is 0 Å². The molecule has 1 aliphatic rings. The second-order valence-corrected chi connectivity index (χ2v) is 5.47. The van der Waals surface area contributed by atoms with E-state index in [0.717, 1.165) is 5.69 Å². The van der Waals surface area contributed by atoms with Gasteiger partial charge in [0.1, 0.15) is 5.82 Å². The largest absolute Gasteiger partial charge is 0.393 e. The predicted octanol–water partition coefficient (Wildman–Crippen LogP) is 2.90. The van der Waals surface area contributed by atoms with E-state index >= 15 is 0 Å².